The molecule has 0 amide bonds. The standard InChI is InChI=1S/C11H16N2O4S3/c1-3-13(7-9(14)17-4-2)20(15,16)10-6-5-8(19-10)11(12)18/h5-6H,3-4,7H2,1-2H3,(H2,12,18). The zero-order valence-corrected chi connectivity index (χ0v) is 13.6. The maximum absolute atomic E-state index is 12.4. The van der Waals surface area contributed by atoms with Crippen LogP contribution in [0, 0.1) is 0 Å². The molecular weight excluding hydrogens is 320 g/mol. The normalized spacial score (nSPS) is 11.6. The van der Waals surface area contributed by atoms with E-state index in [1.54, 1.807) is 19.9 Å². The highest BCUT2D eigenvalue weighted by atomic mass is 32.2. The van der Waals surface area contributed by atoms with Gasteiger partial charge >= 0.3 is 5.97 Å². The maximum atomic E-state index is 12.4. The Kier molecular flexibility index (Phi) is 6.06. The van der Waals surface area contributed by atoms with Gasteiger partial charge in [-0.3, -0.25) is 4.79 Å². The molecule has 1 aromatic rings. The molecule has 0 fully saturated rings. The summed E-state index contributed by atoms with van der Waals surface area (Å²) >= 11 is 5.79. The molecule has 0 bridgehead atoms. The van der Waals surface area contributed by atoms with Gasteiger partial charge in [-0.05, 0) is 19.1 Å². The molecule has 112 valence electrons. The summed E-state index contributed by atoms with van der Waals surface area (Å²) in [5.41, 5.74) is 5.46. The largest absolute Gasteiger partial charge is 0.465 e. The van der Waals surface area contributed by atoms with Crippen LogP contribution in [0.2, 0.25) is 0 Å². The number of nitrogens with two attached hydrogens (primary N) is 1. The van der Waals surface area contributed by atoms with Crippen molar-refractivity contribution in [3.8, 4) is 0 Å². The van der Waals surface area contributed by atoms with Gasteiger partial charge in [0.2, 0.25) is 0 Å². The summed E-state index contributed by atoms with van der Waals surface area (Å²) < 4.78 is 30.7. The molecule has 0 spiro atoms. The number of thiophene rings is 1. The molecule has 0 unspecified atom stereocenters. The second kappa shape index (κ2) is 7.11. The molecule has 1 aromatic heterocycles. The van der Waals surface area contributed by atoms with Gasteiger partial charge in [0.25, 0.3) is 10.0 Å². The predicted molar refractivity (Wildman–Crippen MR) is 81.3 cm³/mol. The number of hydrogen-bond donors (Lipinski definition) is 1. The molecule has 0 radical (unpaired) electrons. The average molecular weight is 336 g/mol. The van der Waals surface area contributed by atoms with Gasteiger partial charge < -0.3 is 10.5 Å². The first-order valence-corrected chi connectivity index (χ1v) is 8.54. The Balaban J connectivity index is 2.99. The van der Waals surface area contributed by atoms with Crippen LogP contribution in [0.1, 0.15) is 18.7 Å². The zero-order chi connectivity index (χ0) is 15.3. The third-order valence-electron chi connectivity index (χ3n) is 2.38. The van der Waals surface area contributed by atoms with Crippen molar-refractivity contribution in [2.24, 2.45) is 5.73 Å². The van der Waals surface area contributed by atoms with E-state index in [2.05, 4.69) is 0 Å². The number of likely N-dealkylation sites (N-methyl/N-ethyl adjacent to an activating group) is 1. The number of ether oxygens (including phenoxy) is 1. The molecular formula is C11H16N2O4S3. The SMILES string of the molecule is CCOC(=O)CN(CC)S(=O)(=O)c1ccc(C(N)=S)s1. The van der Waals surface area contributed by atoms with E-state index in [0.717, 1.165) is 15.6 Å². The van der Waals surface area contributed by atoms with Crippen LogP contribution in [0.3, 0.4) is 0 Å². The van der Waals surface area contributed by atoms with Crippen molar-refractivity contribution in [3.63, 3.8) is 0 Å². The first-order chi connectivity index (χ1) is 9.32. The van der Waals surface area contributed by atoms with E-state index >= 15 is 0 Å². The minimum Gasteiger partial charge on any atom is -0.465 e. The van der Waals surface area contributed by atoms with Crippen molar-refractivity contribution in [2.75, 3.05) is 19.7 Å². The van der Waals surface area contributed by atoms with E-state index < -0.39 is 16.0 Å². The fourth-order valence-electron chi connectivity index (χ4n) is 1.44. The highest BCUT2D eigenvalue weighted by Gasteiger charge is 2.27. The second-order valence-corrected chi connectivity index (χ2v) is 7.41. The van der Waals surface area contributed by atoms with E-state index in [1.807, 2.05) is 0 Å². The topological polar surface area (TPSA) is 89.7 Å². The van der Waals surface area contributed by atoms with Crippen molar-refractivity contribution < 1.29 is 17.9 Å². The van der Waals surface area contributed by atoms with Gasteiger partial charge in [-0.15, -0.1) is 11.3 Å². The number of sulfonamides is 1. The highest BCUT2D eigenvalue weighted by molar-refractivity contribution is 7.91. The number of rotatable bonds is 7. The van der Waals surface area contributed by atoms with E-state index in [4.69, 9.17) is 22.7 Å². The summed E-state index contributed by atoms with van der Waals surface area (Å²) in [6.45, 7) is 3.38. The van der Waals surface area contributed by atoms with E-state index in [9.17, 15) is 13.2 Å². The third-order valence-corrected chi connectivity index (χ3v) is 6.24. The predicted octanol–water partition coefficient (Wildman–Crippen LogP) is 0.956. The van der Waals surface area contributed by atoms with Crippen LogP contribution < -0.4 is 5.73 Å². The van der Waals surface area contributed by atoms with Crippen LogP contribution in [0.15, 0.2) is 16.3 Å². The fourth-order valence-corrected chi connectivity index (χ4v) is 4.33. The lowest BCUT2D eigenvalue weighted by atomic mass is 10.5. The number of nitrogens with zero attached hydrogens (tertiary/aromatic N) is 1. The summed E-state index contributed by atoms with van der Waals surface area (Å²) in [4.78, 5) is 12.1. The van der Waals surface area contributed by atoms with Crippen molar-refractivity contribution in [2.45, 2.75) is 18.1 Å². The van der Waals surface area contributed by atoms with Crippen molar-refractivity contribution >= 4 is 44.5 Å². The van der Waals surface area contributed by atoms with Gasteiger partial charge in [0.1, 0.15) is 15.7 Å². The molecule has 0 saturated heterocycles. The lowest BCUT2D eigenvalue weighted by Gasteiger charge is -2.18. The highest BCUT2D eigenvalue weighted by Crippen LogP contribution is 2.24. The summed E-state index contributed by atoms with van der Waals surface area (Å²) in [6.07, 6.45) is 0. The lowest BCUT2D eigenvalue weighted by molar-refractivity contribution is -0.143. The molecule has 20 heavy (non-hydrogen) atoms. The molecule has 0 aromatic carbocycles. The van der Waals surface area contributed by atoms with Gasteiger partial charge in [0, 0.05) is 6.54 Å². The third kappa shape index (κ3) is 3.98. The van der Waals surface area contributed by atoms with E-state index in [1.165, 1.54) is 6.07 Å². The van der Waals surface area contributed by atoms with Crippen LogP contribution in [0.5, 0.6) is 0 Å². The minimum atomic E-state index is -3.74. The van der Waals surface area contributed by atoms with Gasteiger partial charge in [-0.25, -0.2) is 8.42 Å². The molecule has 9 heteroatoms. The molecule has 2 N–H and O–H groups in total. The Hall–Kier alpha value is -1.03. The molecule has 0 aliphatic carbocycles. The Bertz CT molecular complexity index is 595. The van der Waals surface area contributed by atoms with E-state index in [-0.39, 0.29) is 28.9 Å². The Labute approximate surface area is 127 Å². The fraction of sp³-hybridized carbons (Fsp3) is 0.455. The maximum Gasteiger partial charge on any atom is 0.321 e. The summed E-state index contributed by atoms with van der Waals surface area (Å²) in [5.74, 6) is -0.580. The van der Waals surface area contributed by atoms with Gasteiger partial charge in [0.15, 0.2) is 0 Å². The van der Waals surface area contributed by atoms with Crippen LogP contribution in [-0.4, -0.2) is 43.4 Å². The van der Waals surface area contributed by atoms with Crippen LogP contribution in [-0.2, 0) is 19.6 Å². The Morgan fingerprint density at radius 1 is 1.45 bits per heavy atom. The zero-order valence-electron chi connectivity index (χ0n) is 11.2. The number of carbonyl (C=O) groups excluding carboxylic acids is 1. The Morgan fingerprint density at radius 3 is 2.55 bits per heavy atom. The molecule has 0 atom stereocenters. The minimum absolute atomic E-state index is 0.103. The summed E-state index contributed by atoms with van der Waals surface area (Å²) in [6, 6.07) is 2.99. The van der Waals surface area contributed by atoms with Crippen molar-refractivity contribution in [1.29, 1.82) is 0 Å². The van der Waals surface area contributed by atoms with E-state index in [0.29, 0.717) is 4.88 Å². The number of thiocarbonyl (C=S) groups is 1. The number of esters is 1. The molecule has 0 aliphatic heterocycles. The molecule has 0 aliphatic rings. The summed E-state index contributed by atoms with van der Waals surface area (Å²) in [5, 5.41) is 0. The smallest absolute Gasteiger partial charge is 0.321 e. The second-order valence-electron chi connectivity index (χ2n) is 3.72. The molecule has 1 heterocycles. The van der Waals surface area contributed by atoms with Crippen molar-refractivity contribution in [3.05, 3.63) is 17.0 Å². The Morgan fingerprint density at radius 2 is 2.10 bits per heavy atom. The van der Waals surface area contributed by atoms with Crippen LogP contribution >= 0.6 is 23.6 Å². The van der Waals surface area contributed by atoms with Gasteiger partial charge in [0.05, 0.1) is 11.5 Å². The van der Waals surface area contributed by atoms with Crippen LogP contribution in [0.4, 0.5) is 0 Å². The number of hydrogen-bond acceptors (Lipinski definition) is 6. The van der Waals surface area contributed by atoms with Gasteiger partial charge in [-0.2, -0.15) is 4.31 Å². The first-order valence-electron chi connectivity index (χ1n) is 5.88. The van der Waals surface area contributed by atoms with Crippen molar-refractivity contribution in [1.82, 2.24) is 4.31 Å². The molecule has 6 nitrogen and oxygen atoms in total. The van der Waals surface area contributed by atoms with Gasteiger partial charge in [-0.1, -0.05) is 19.1 Å². The average Bonchev–Trinajstić information content (AvgIpc) is 2.86. The first kappa shape index (κ1) is 17.0. The lowest BCUT2D eigenvalue weighted by Crippen LogP contribution is -2.35. The molecule has 1 rings (SSSR count). The monoisotopic (exact) mass is 336 g/mol. The quantitative estimate of drug-likeness (QED) is 0.589. The van der Waals surface area contributed by atoms with Crippen LogP contribution in [0.25, 0.3) is 0 Å². The number of carbonyl (C=O) groups is 1. The summed E-state index contributed by atoms with van der Waals surface area (Å²) in [7, 11) is -3.74. The molecule has 0 saturated carbocycles.